The minimum Gasteiger partial charge on any atom is -0.490 e. The molecule has 6 heteroatoms. The smallest absolute Gasteiger partial charge is 0.147 e. The fraction of sp³-hybridized carbons (Fsp3) is 0.0435. The first kappa shape index (κ1) is 60.6. The first-order valence-corrected chi connectivity index (χ1v) is 33.1. The van der Waals surface area contributed by atoms with Gasteiger partial charge in [-0.2, -0.15) is 0 Å². The van der Waals surface area contributed by atoms with Crippen LogP contribution in [-0.4, -0.2) is 13.2 Å². The number of fused-ring (bicyclic) bond motifs is 6. The van der Waals surface area contributed by atoms with Gasteiger partial charge in [0.2, 0.25) is 0 Å². The third-order valence-corrected chi connectivity index (χ3v) is 19.5. The molecular formula is C92H66F2N2O2. The number of halogens is 2. The van der Waals surface area contributed by atoms with E-state index in [-0.39, 0.29) is 11.6 Å². The van der Waals surface area contributed by atoms with Crippen LogP contribution in [0.15, 0.2) is 365 Å². The molecule has 2 unspecified atom stereocenters. The molecule has 2 aliphatic carbocycles. The third kappa shape index (κ3) is 10.5. The Balaban J connectivity index is 0.796. The summed E-state index contributed by atoms with van der Waals surface area (Å²) in [6.45, 7) is 8.54. The predicted molar refractivity (Wildman–Crippen MR) is 398 cm³/mol. The first-order chi connectivity index (χ1) is 48.3. The Kier molecular flexibility index (Phi) is 15.9. The summed E-state index contributed by atoms with van der Waals surface area (Å²) in [6.07, 6.45) is 3.50. The molecular weight excluding hydrogens is 1200 g/mol. The average molecular weight is 1270 g/mol. The molecule has 0 radical (unpaired) electrons. The maximum Gasteiger partial charge on any atom is 0.147 e. The van der Waals surface area contributed by atoms with Crippen LogP contribution >= 0.6 is 0 Å². The number of benzene rings is 14. The summed E-state index contributed by atoms with van der Waals surface area (Å²) >= 11 is 0. The normalized spacial score (nSPS) is 14.7. The van der Waals surface area contributed by atoms with Gasteiger partial charge in [-0.1, -0.05) is 256 Å². The van der Waals surface area contributed by atoms with Crippen molar-refractivity contribution in [3.05, 3.63) is 421 Å². The molecule has 0 saturated heterocycles. The minimum absolute atomic E-state index is 0.355. The monoisotopic (exact) mass is 1270 g/mol. The van der Waals surface area contributed by atoms with Crippen molar-refractivity contribution >= 4 is 34.1 Å². The van der Waals surface area contributed by atoms with Gasteiger partial charge in [-0.05, 0) is 209 Å². The van der Waals surface area contributed by atoms with Gasteiger partial charge < -0.3 is 19.3 Å². The Morgan fingerprint density at radius 3 is 0.918 bits per heavy atom. The van der Waals surface area contributed by atoms with Crippen molar-refractivity contribution in [2.24, 2.45) is 0 Å². The molecule has 0 N–H and O–H groups in total. The van der Waals surface area contributed by atoms with Crippen LogP contribution in [0, 0.1) is 11.6 Å². The number of hydrogen-bond acceptors (Lipinski definition) is 4. The highest BCUT2D eigenvalue weighted by Gasteiger charge is 2.49. The molecule has 14 aromatic carbocycles. The summed E-state index contributed by atoms with van der Waals surface area (Å²) in [6, 6.07) is 117. The number of anilines is 6. The second-order valence-electron chi connectivity index (χ2n) is 24.9. The maximum absolute atomic E-state index is 16.8. The number of rotatable bonds is 19. The Labute approximate surface area is 571 Å². The molecule has 470 valence electrons. The first-order valence-electron chi connectivity index (χ1n) is 33.1. The molecule has 2 aliphatic rings. The molecule has 14 aromatic rings. The lowest BCUT2D eigenvalue weighted by molar-refractivity contribution is 0.363. The lowest BCUT2D eigenvalue weighted by atomic mass is 9.67. The molecule has 0 fully saturated rings. The highest BCUT2D eigenvalue weighted by molar-refractivity contribution is 5.94. The van der Waals surface area contributed by atoms with Crippen molar-refractivity contribution in [2.75, 3.05) is 23.0 Å². The van der Waals surface area contributed by atoms with Crippen molar-refractivity contribution in [1.29, 1.82) is 0 Å². The van der Waals surface area contributed by atoms with Gasteiger partial charge in [0.1, 0.15) is 36.3 Å². The van der Waals surface area contributed by atoms with E-state index < -0.39 is 10.8 Å². The topological polar surface area (TPSA) is 24.9 Å². The summed E-state index contributed by atoms with van der Waals surface area (Å²) < 4.78 is 45.7. The van der Waals surface area contributed by atoms with Crippen molar-refractivity contribution in [3.63, 3.8) is 0 Å². The van der Waals surface area contributed by atoms with Gasteiger partial charge in [0, 0.05) is 22.7 Å². The lowest BCUT2D eigenvalue weighted by Crippen LogP contribution is -2.29. The number of hydrogen-bond donors (Lipinski definition) is 0. The number of nitrogens with zero attached hydrogens (tertiary/aromatic N) is 2. The van der Waals surface area contributed by atoms with Crippen molar-refractivity contribution in [1.82, 2.24) is 0 Å². The summed E-state index contributed by atoms with van der Waals surface area (Å²) in [5.41, 5.74) is 21.9. The van der Waals surface area contributed by atoms with Crippen LogP contribution in [0.4, 0.5) is 42.9 Å². The molecule has 0 heterocycles. The Bertz CT molecular complexity index is 4920. The summed E-state index contributed by atoms with van der Waals surface area (Å²) in [7, 11) is 0. The van der Waals surface area contributed by atoms with Gasteiger partial charge in [0.05, 0.1) is 22.2 Å². The van der Waals surface area contributed by atoms with Crippen LogP contribution in [0.5, 0.6) is 11.5 Å². The Hall–Kier alpha value is -12.4. The highest BCUT2D eigenvalue weighted by Crippen LogP contribution is 2.60. The second kappa shape index (κ2) is 25.7. The van der Waals surface area contributed by atoms with Crippen molar-refractivity contribution < 1.29 is 18.3 Å². The van der Waals surface area contributed by atoms with Crippen LogP contribution in [-0.2, 0) is 10.8 Å². The largest absolute Gasteiger partial charge is 0.490 e. The SMILES string of the molecule is C=CCOc1ccc(C2(c3ccccc3)c3cc(-c4ccccc4)ccc3-c3ccc(N(c4ccc(-c5ccc(N(c6ccc7c(c6)C(c6ccccc6)(c6ccc(OCC=C)cc6)c6cc(-c8ccccc8)ccc6-7)c6ccccc6F)cc5)cc4)c4ccccc4F)cc32)cc1. The van der Waals surface area contributed by atoms with E-state index in [0.29, 0.717) is 24.6 Å². The van der Waals surface area contributed by atoms with E-state index in [0.717, 1.165) is 134 Å². The minimum atomic E-state index is -0.802. The van der Waals surface area contributed by atoms with E-state index in [1.807, 2.05) is 70.5 Å². The van der Waals surface area contributed by atoms with Crippen LogP contribution in [0.2, 0.25) is 0 Å². The van der Waals surface area contributed by atoms with E-state index in [1.165, 1.54) is 12.1 Å². The number of para-hydroxylation sites is 2. The van der Waals surface area contributed by atoms with Gasteiger partial charge in [0.15, 0.2) is 0 Å². The third-order valence-electron chi connectivity index (χ3n) is 19.5. The lowest BCUT2D eigenvalue weighted by Gasteiger charge is -2.35. The van der Waals surface area contributed by atoms with Gasteiger partial charge in [-0.25, -0.2) is 8.78 Å². The van der Waals surface area contributed by atoms with Crippen LogP contribution in [0.25, 0.3) is 55.6 Å². The molecule has 0 aliphatic heterocycles. The zero-order chi connectivity index (χ0) is 66.2. The predicted octanol–water partition coefficient (Wildman–Crippen LogP) is 23.8. The quantitative estimate of drug-likeness (QED) is 0.0754. The highest BCUT2D eigenvalue weighted by atomic mass is 19.1. The second-order valence-corrected chi connectivity index (χ2v) is 24.9. The molecule has 0 saturated carbocycles. The van der Waals surface area contributed by atoms with E-state index in [1.54, 1.807) is 24.3 Å². The van der Waals surface area contributed by atoms with E-state index in [4.69, 9.17) is 9.47 Å². The summed E-state index contributed by atoms with van der Waals surface area (Å²) in [5.74, 6) is 0.786. The fourth-order valence-electron chi connectivity index (χ4n) is 15.1. The number of ether oxygens (including phenoxy) is 2. The van der Waals surface area contributed by atoms with Gasteiger partial charge >= 0.3 is 0 Å². The van der Waals surface area contributed by atoms with E-state index >= 15 is 8.78 Å². The van der Waals surface area contributed by atoms with Crippen LogP contribution < -0.4 is 19.3 Å². The molecule has 0 spiro atoms. The van der Waals surface area contributed by atoms with Gasteiger partial charge in [0.25, 0.3) is 0 Å². The summed E-state index contributed by atoms with van der Waals surface area (Å²) in [5, 5.41) is 0. The molecule has 98 heavy (non-hydrogen) atoms. The van der Waals surface area contributed by atoms with Crippen LogP contribution in [0.1, 0.15) is 44.5 Å². The van der Waals surface area contributed by atoms with Gasteiger partial charge in [-0.15, -0.1) is 0 Å². The molecule has 16 rings (SSSR count). The molecule has 0 amide bonds. The molecule has 0 aromatic heterocycles. The standard InChI is InChI=1S/C92H66F2N2O2/c1-3-57-97-77-49-39-71(40-50-77)91(69-25-13-7-14-26-69)83-59-67(63-21-9-5-10-22-63)37-53-79(83)81-55-47-75(61-85(81)91)95(89-31-19-17-29-87(89)93)73-43-33-65(34-44-73)66-35-45-74(46-36-66)96(90-32-20-18-30-88(90)94)76-48-56-82-80-54-38-68(64-23-11-6-12-24-64)60-84(80)92(86(82)62-76,70-27-15-8-16-28-70)72-41-51-78(52-42-72)98-58-4-2/h3-56,59-62H,1-2,57-58H2. The Morgan fingerprint density at radius 2 is 0.561 bits per heavy atom. The Morgan fingerprint density at radius 1 is 0.276 bits per heavy atom. The van der Waals surface area contributed by atoms with Gasteiger partial charge in [-0.3, -0.25) is 0 Å². The molecule has 4 nitrogen and oxygen atoms in total. The maximum atomic E-state index is 16.8. The average Bonchev–Trinajstić information content (AvgIpc) is 1.54. The zero-order valence-corrected chi connectivity index (χ0v) is 53.8. The molecule has 0 bridgehead atoms. The van der Waals surface area contributed by atoms with Crippen molar-refractivity contribution in [2.45, 2.75) is 10.8 Å². The van der Waals surface area contributed by atoms with Crippen molar-refractivity contribution in [3.8, 4) is 67.1 Å². The molecule has 2 atom stereocenters. The fourth-order valence-corrected chi connectivity index (χ4v) is 15.1. The van der Waals surface area contributed by atoms with Crippen LogP contribution in [0.3, 0.4) is 0 Å². The van der Waals surface area contributed by atoms with E-state index in [9.17, 15) is 0 Å². The zero-order valence-electron chi connectivity index (χ0n) is 53.8. The van der Waals surface area contributed by atoms with E-state index in [2.05, 4.69) is 268 Å². The summed E-state index contributed by atoms with van der Waals surface area (Å²) in [4.78, 5) is 4.04.